The molecule has 174 valence electrons. The van der Waals surface area contributed by atoms with Crippen LogP contribution in [-0.4, -0.2) is 28.8 Å². The molecule has 0 radical (unpaired) electrons. The van der Waals surface area contributed by atoms with Gasteiger partial charge in [-0.05, 0) is 39.7 Å². The lowest BCUT2D eigenvalue weighted by Gasteiger charge is -2.26. The van der Waals surface area contributed by atoms with Crippen LogP contribution in [0.3, 0.4) is 0 Å². The van der Waals surface area contributed by atoms with Gasteiger partial charge in [-0.1, -0.05) is 77.9 Å². The van der Waals surface area contributed by atoms with E-state index in [0.717, 1.165) is 16.7 Å². The van der Waals surface area contributed by atoms with Gasteiger partial charge in [0.1, 0.15) is 6.61 Å². The quantitative estimate of drug-likeness (QED) is 0.475. The van der Waals surface area contributed by atoms with Crippen molar-refractivity contribution in [3.05, 3.63) is 82.7 Å². The average molecular weight is 449 g/mol. The third kappa shape index (κ3) is 5.69. The molecule has 3 rings (SSSR count). The summed E-state index contributed by atoms with van der Waals surface area (Å²) in [6, 6.07) is 17.0. The van der Waals surface area contributed by atoms with Crippen molar-refractivity contribution >= 4 is 11.9 Å². The second-order valence-corrected chi connectivity index (χ2v) is 10.1. The smallest absolute Gasteiger partial charge is 0.358 e. The Kier molecular flexibility index (Phi) is 6.77. The van der Waals surface area contributed by atoms with Crippen LogP contribution in [0.5, 0.6) is 0 Å². The minimum absolute atomic E-state index is 0.0441. The van der Waals surface area contributed by atoms with Crippen LogP contribution in [-0.2, 0) is 26.9 Å². The molecule has 6 heteroatoms. The van der Waals surface area contributed by atoms with E-state index < -0.39 is 11.9 Å². The molecule has 33 heavy (non-hydrogen) atoms. The van der Waals surface area contributed by atoms with Gasteiger partial charge < -0.3 is 9.47 Å². The van der Waals surface area contributed by atoms with Gasteiger partial charge in [0.2, 0.25) is 0 Å². The Labute approximate surface area is 195 Å². The summed E-state index contributed by atoms with van der Waals surface area (Å²) in [5.74, 6) is -1.19. The molecule has 0 atom stereocenters. The molecule has 0 fully saturated rings. The van der Waals surface area contributed by atoms with E-state index in [1.54, 1.807) is 0 Å². The van der Waals surface area contributed by atoms with Crippen LogP contribution in [0.1, 0.15) is 79.2 Å². The summed E-state index contributed by atoms with van der Waals surface area (Å²) >= 11 is 0. The predicted molar refractivity (Wildman–Crippen MR) is 128 cm³/mol. The maximum absolute atomic E-state index is 13.1. The number of benzene rings is 2. The van der Waals surface area contributed by atoms with Gasteiger partial charge in [-0.15, -0.1) is 0 Å². The molecular formula is C27H32N2O4. The number of ether oxygens (including phenoxy) is 2. The lowest BCUT2D eigenvalue weighted by atomic mass is 9.80. The zero-order valence-corrected chi connectivity index (χ0v) is 20.4. The van der Waals surface area contributed by atoms with Crippen LogP contribution in [0.2, 0.25) is 0 Å². The molecule has 6 nitrogen and oxygen atoms in total. The van der Waals surface area contributed by atoms with Crippen molar-refractivity contribution in [3.63, 3.8) is 0 Å². The van der Waals surface area contributed by atoms with Crippen molar-refractivity contribution < 1.29 is 19.1 Å². The van der Waals surface area contributed by atoms with E-state index in [9.17, 15) is 9.59 Å². The molecular weight excluding hydrogens is 416 g/mol. The zero-order chi connectivity index (χ0) is 24.4. The van der Waals surface area contributed by atoms with E-state index in [1.165, 1.54) is 17.9 Å². The van der Waals surface area contributed by atoms with Gasteiger partial charge in [-0.2, -0.15) is 5.10 Å². The third-order valence-corrected chi connectivity index (χ3v) is 5.42. The first-order valence-corrected chi connectivity index (χ1v) is 11.0. The summed E-state index contributed by atoms with van der Waals surface area (Å²) in [7, 11) is 1.28. The first kappa shape index (κ1) is 24.2. The van der Waals surface area contributed by atoms with Crippen LogP contribution < -0.4 is 0 Å². The van der Waals surface area contributed by atoms with Crippen molar-refractivity contribution in [1.82, 2.24) is 9.78 Å². The Balaban J connectivity index is 2.10. The Morgan fingerprint density at radius 2 is 1.42 bits per heavy atom. The SMILES string of the molecule is COC(=O)c1cc(C(=O)OCc2ccccc2)n(-c2cc(C(C)(C)C)cc(C(C)(C)C)c2)n1. The molecule has 1 heterocycles. The number of rotatable bonds is 5. The standard InChI is InChI=1S/C27H32N2O4/c1-26(2,3)19-13-20(27(4,5)6)15-21(14-19)29-23(16-22(28-29)24(30)32-7)25(31)33-17-18-11-9-8-10-12-18/h8-16H,17H2,1-7H3. The highest BCUT2D eigenvalue weighted by molar-refractivity contribution is 5.93. The van der Waals surface area contributed by atoms with Crippen molar-refractivity contribution in [2.24, 2.45) is 0 Å². The molecule has 0 unspecified atom stereocenters. The summed E-state index contributed by atoms with van der Waals surface area (Å²) < 4.78 is 11.9. The van der Waals surface area contributed by atoms with E-state index in [1.807, 2.05) is 42.5 Å². The predicted octanol–water partition coefficient (Wildman–Crippen LogP) is 5.61. The number of carbonyl (C=O) groups is 2. The number of methoxy groups -OCH3 is 1. The molecule has 0 saturated heterocycles. The van der Waals surface area contributed by atoms with Gasteiger partial charge in [0.05, 0.1) is 12.8 Å². The minimum Gasteiger partial charge on any atom is -0.464 e. The van der Waals surface area contributed by atoms with Crippen LogP contribution in [0.4, 0.5) is 0 Å². The van der Waals surface area contributed by atoms with Gasteiger partial charge in [0.25, 0.3) is 0 Å². The zero-order valence-electron chi connectivity index (χ0n) is 20.4. The van der Waals surface area contributed by atoms with E-state index in [2.05, 4.69) is 52.7 Å². The molecule has 0 aliphatic rings. The lowest BCUT2D eigenvalue weighted by Crippen LogP contribution is -2.19. The molecule has 3 aromatic rings. The highest BCUT2D eigenvalue weighted by Crippen LogP contribution is 2.32. The Bertz CT molecular complexity index is 1120. The second-order valence-electron chi connectivity index (χ2n) is 10.1. The van der Waals surface area contributed by atoms with Crippen molar-refractivity contribution in [2.75, 3.05) is 7.11 Å². The summed E-state index contributed by atoms with van der Waals surface area (Å²) in [6.45, 7) is 12.9. The monoisotopic (exact) mass is 448 g/mol. The van der Waals surface area contributed by atoms with Crippen LogP contribution >= 0.6 is 0 Å². The van der Waals surface area contributed by atoms with Gasteiger partial charge in [0.15, 0.2) is 11.4 Å². The molecule has 0 spiro atoms. The summed E-state index contributed by atoms with van der Waals surface area (Å²) in [5, 5.41) is 4.41. The minimum atomic E-state index is -0.617. The molecule has 0 N–H and O–H groups in total. The Morgan fingerprint density at radius 3 is 1.94 bits per heavy atom. The fourth-order valence-corrected chi connectivity index (χ4v) is 3.32. The summed E-state index contributed by atoms with van der Waals surface area (Å²) in [6.07, 6.45) is 0. The first-order valence-electron chi connectivity index (χ1n) is 11.0. The van der Waals surface area contributed by atoms with Gasteiger partial charge in [-0.3, -0.25) is 0 Å². The van der Waals surface area contributed by atoms with E-state index >= 15 is 0 Å². The van der Waals surface area contributed by atoms with Crippen molar-refractivity contribution in [3.8, 4) is 5.69 Å². The fraction of sp³-hybridized carbons (Fsp3) is 0.370. The first-order chi connectivity index (χ1) is 15.4. The van der Waals surface area contributed by atoms with Crippen LogP contribution in [0.15, 0.2) is 54.6 Å². The summed E-state index contributed by atoms with van der Waals surface area (Å²) in [5.41, 5.74) is 3.72. The molecule has 0 saturated carbocycles. The normalized spacial score (nSPS) is 11.8. The molecule has 1 aromatic heterocycles. The summed E-state index contributed by atoms with van der Waals surface area (Å²) in [4.78, 5) is 25.3. The third-order valence-electron chi connectivity index (χ3n) is 5.42. The number of esters is 2. The van der Waals surface area contributed by atoms with Gasteiger partial charge in [0, 0.05) is 6.07 Å². The molecule has 0 amide bonds. The largest absolute Gasteiger partial charge is 0.464 e. The number of nitrogens with zero attached hydrogens (tertiary/aromatic N) is 2. The highest BCUT2D eigenvalue weighted by Gasteiger charge is 2.25. The second kappa shape index (κ2) is 9.22. The number of aromatic nitrogens is 2. The molecule has 0 aliphatic carbocycles. The number of hydrogen-bond donors (Lipinski definition) is 0. The van der Waals surface area contributed by atoms with E-state index in [0.29, 0.717) is 5.69 Å². The maximum Gasteiger partial charge on any atom is 0.358 e. The number of carbonyl (C=O) groups excluding carboxylic acids is 2. The Hall–Kier alpha value is -3.41. The van der Waals surface area contributed by atoms with E-state index in [-0.39, 0.29) is 28.8 Å². The van der Waals surface area contributed by atoms with Crippen LogP contribution in [0.25, 0.3) is 5.69 Å². The van der Waals surface area contributed by atoms with E-state index in [4.69, 9.17) is 9.47 Å². The van der Waals surface area contributed by atoms with Crippen molar-refractivity contribution in [2.45, 2.75) is 59.0 Å². The topological polar surface area (TPSA) is 70.4 Å². The fourth-order valence-electron chi connectivity index (χ4n) is 3.32. The molecule has 0 bridgehead atoms. The van der Waals surface area contributed by atoms with Crippen LogP contribution in [0, 0.1) is 0 Å². The molecule has 0 aliphatic heterocycles. The average Bonchev–Trinajstić information content (AvgIpc) is 3.22. The maximum atomic E-state index is 13.1. The number of hydrogen-bond acceptors (Lipinski definition) is 5. The van der Waals surface area contributed by atoms with Gasteiger partial charge >= 0.3 is 11.9 Å². The van der Waals surface area contributed by atoms with Crippen molar-refractivity contribution in [1.29, 1.82) is 0 Å². The molecule has 2 aromatic carbocycles. The Morgan fingerprint density at radius 1 is 0.848 bits per heavy atom. The lowest BCUT2D eigenvalue weighted by molar-refractivity contribution is 0.0461. The van der Waals surface area contributed by atoms with Gasteiger partial charge in [-0.25, -0.2) is 14.3 Å². The highest BCUT2D eigenvalue weighted by atomic mass is 16.5.